The van der Waals surface area contributed by atoms with Crippen LogP contribution in [0, 0.1) is 5.82 Å². The summed E-state index contributed by atoms with van der Waals surface area (Å²) in [5.41, 5.74) is 1.04. The van der Waals surface area contributed by atoms with Gasteiger partial charge in [0.1, 0.15) is 12.4 Å². The number of benzene rings is 3. The summed E-state index contributed by atoms with van der Waals surface area (Å²) < 4.78 is 41.8. The number of sulfone groups is 1. The number of amides is 1. The number of carbonyl (C=O) groups excluding carboxylic acids is 1. The van der Waals surface area contributed by atoms with Crippen molar-refractivity contribution in [3.05, 3.63) is 94.4 Å². The Labute approximate surface area is 194 Å². The van der Waals surface area contributed by atoms with Crippen molar-refractivity contribution in [3.8, 4) is 0 Å². The van der Waals surface area contributed by atoms with Gasteiger partial charge in [0.05, 0.1) is 21.4 Å². The minimum atomic E-state index is -3.88. The fourth-order valence-electron chi connectivity index (χ4n) is 3.42. The molecule has 4 rings (SSSR count). The molecular formula is C23H17Cl2FN2O3S. The van der Waals surface area contributed by atoms with Gasteiger partial charge in [-0.25, -0.2) is 12.8 Å². The third kappa shape index (κ3) is 4.65. The van der Waals surface area contributed by atoms with Crippen LogP contribution < -0.4 is 5.32 Å². The van der Waals surface area contributed by atoms with Gasteiger partial charge < -0.3 is 9.88 Å². The molecule has 0 fully saturated rings. The number of nitrogens with zero attached hydrogens (tertiary/aromatic N) is 1. The van der Waals surface area contributed by atoms with Gasteiger partial charge in [-0.1, -0.05) is 59.6 Å². The quantitative estimate of drug-likeness (QED) is 0.376. The standard InChI is InChI=1S/C23H17Cl2FN2O3S/c24-16-9-10-20(18(25)11-16)27-23(29)13-28-12-22(17-6-2-4-8-21(17)28)32(30,31)14-15-5-1-3-7-19(15)26/h1-12H,13-14H2,(H,27,29). The highest BCUT2D eigenvalue weighted by Crippen LogP contribution is 2.29. The average molecular weight is 491 g/mol. The van der Waals surface area contributed by atoms with Gasteiger partial charge in [0.2, 0.25) is 5.91 Å². The van der Waals surface area contributed by atoms with E-state index in [9.17, 15) is 17.6 Å². The maximum absolute atomic E-state index is 14.0. The number of hydrogen-bond acceptors (Lipinski definition) is 3. The maximum atomic E-state index is 14.0. The van der Waals surface area contributed by atoms with Gasteiger partial charge in [-0.15, -0.1) is 0 Å². The number of nitrogens with one attached hydrogen (secondary N) is 1. The van der Waals surface area contributed by atoms with Gasteiger partial charge in [0, 0.05) is 27.7 Å². The summed E-state index contributed by atoms with van der Waals surface area (Å²) in [4.78, 5) is 12.7. The maximum Gasteiger partial charge on any atom is 0.244 e. The van der Waals surface area contributed by atoms with Crippen molar-refractivity contribution < 1.29 is 17.6 Å². The van der Waals surface area contributed by atoms with E-state index in [2.05, 4.69) is 5.32 Å². The first-order valence-electron chi connectivity index (χ1n) is 9.53. The highest BCUT2D eigenvalue weighted by Gasteiger charge is 2.23. The summed E-state index contributed by atoms with van der Waals surface area (Å²) in [6.45, 7) is -0.144. The summed E-state index contributed by atoms with van der Waals surface area (Å²) in [7, 11) is -3.88. The minimum Gasteiger partial charge on any atom is -0.337 e. The van der Waals surface area contributed by atoms with Crippen LogP contribution in [-0.4, -0.2) is 18.9 Å². The third-order valence-corrected chi connectivity index (χ3v) is 7.14. The Balaban J connectivity index is 1.65. The second-order valence-electron chi connectivity index (χ2n) is 7.16. The van der Waals surface area contributed by atoms with Crippen molar-refractivity contribution >= 4 is 55.5 Å². The Kier molecular flexibility index (Phi) is 6.24. The number of fused-ring (bicyclic) bond motifs is 1. The molecular weight excluding hydrogens is 474 g/mol. The zero-order valence-electron chi connectivity index (χ0n) is 16.6. The molecule has 9 heteroatoms. The first kappa shape index (κ1) is 22.3. The fourth-order valence-corrected chi connectivity index (χ4v) is 5.48. The van der Waals surface area contributed by atoms with Gasteiger partial charge >= 0.3 is 0 Å². The Bertz CT molecular complexity index is 1430. The number of hydrogen-bond donors (Lipinski definition) is 1. The number of carbonyl (C=O) groups is 1. The zero-order chi connectivity index (χ0) is 22.9. The highest BCUT2D eigenvalue weighted by molar-refractivity contribution is 7.90. The van der Waals surface area contributed by atoms with Gasteiger partial charge in [-0.05, 0) is 30.3 Å². The molecule has 1 N–H and O–H groups in total. The molecule has 0 aliphatic heterocycles. The number of anilines is 1. The lowest BCUT2D eigenvalue weighted by atomic mass is 10.2. The molecule has 0 radical (unpaired) electrons. The highest BCUT2D eigenvalue weighted by atomic mass is 35.5. The molecule has 0 aliphatic rings. The van der Waals surface area contributed by atoms with Crippen LogP contribution in [0.15, 0.2) is 77.8 Å². The normalized spacial score (nSPS) is 11.6. The number of halogens is 3. The van der Waals surface area contributed by atoms with E-state index in [4.69, 9.17) is 23.2 Å². The first-order valence-corrected chi connectivity index (χ1v) is 11.9. The van der Waals surface area contributed by atoms with E-state index in [1.165, 1.54) is 30.5 Å². The van der Waals surface area contributed by atoms with Crippen LogP contribution in [0.25, 0.3) is 10.9 Å². The van der Waals surface area contributed by atoms with Crippen LogP contribution >= 0.6 is 23.2 Å². The van der Waals surface area contributed by atoms with Crippen molar-refractivity contribution in [2.45, 2.75) is 17.2 Å². The lowest BCUT2D eigenvalue weighted by Gasteiger charge is -2.09. The molecule has 1 amide bonds. The van der Waals surface area contributed by atoms with E-state index in [1.807, 2.05) is 0 Å². The molecule has 3 aromatic carbocycles. The van der Waals surface area contributed by atoms with E-state index < -0.39 is 27.3 Å². The van der Waals surface area contributed by atoms with E-state index in [0.29, 0.717) is 21.6 Å². The lowest BCUT2D eigenvalue weighted by molar-refractivity contribution is -0.116. The van der Waals surface area contributed by atoms with Crippen molar-refractivity contribution in [2.24, 2.45) is 0 Å². The van der Waals surface area contributed by atoms with E-state index >= 15 is 0 Å². The monoisotopic (exact) mass is 490 g/mol. The van der Waals surface area contributed by atoms with Crippen LogP contribution in [0.4, 0.5) is 10.1 Å². The smallest absolute Gasteiger partial charge is 0.244 e. The molecule has 0 bridgehead atoms. The summed E-state index contributed by atoms with van der Waals surface area (Å²) in [5.74, 6) is -1.47. The third-order valence-electron chi connectivity index (χ3n) is 4.91. The van der Waals surface area contributed by atoms with Gasteiger partial charge in [0.15, 0.2) is 9.84 Å². The zero-order valence-corrected chi connectivity index (χ0v) is 18.9. The Morgan fingerprint density at radius 1 is 1.00 bits per heavy atom. The van der Waals surface area contributed by atoms with Crippen LogP contribution in [-0.2, 0) is 26.9 Å². The predicted molar refractivity (Wildman–Crippen MR) is 124 cm³/mol. The summed E-state index contributed by atoms with van der Waals surface area (Å²) in [5, 5.41) is 3.88. The van der Waals surface area contributed by atoms with E-state index in [-0.39, 0.29) is 22.0 Å². The van der Waals surface area contributed by atoms with Crippen LogP contribution in [0.3, 0.4) is 0 Å². The van der Waals surface area contributed by atoms with Crippen LogP contribution in [0.1, 0.15) is 5.56 Å². The van der Waals surface area contributed by atoms with Crippen molar-refractivity contribution in [1.82, 2.24) is 4.57 Å². The second-order valence-corrected chi connectivity index (χ2v) is 9.96. The molecule has 0 saturated heterocycles. The molecule has 0 saturated carbocycles. The molecule has 0 spiro atoms. The largest absolute Gasteiger partial charge is 0.337 e. The molecule has 1 heterocycles. The van der Waals surface area contributed by atoms with Gasteiger partial charge in [-0.3, -0.25) is 4.79 Å². The summed E-state index contributed by atoms with van der Waals surface area (Å²) in [6, 6.07) is 17.3. The average Bonchev–Trinajstić information content (AvgIpc) is 3.11. The second kappa shape index (κ2) is 8.94. The molecule has 0 aliphatic carbocycles. The Morgan fingerprint density at radius 2 is 1.72 bits per heavy atom. The molecule has 0 unspecified atom stereocenters. The Hall–Kier alpha value is -2.87. The lowest BCUT2D eigenvalue weighted by Crippen LogP contribution is -2.18. The summed E-state index contributed by atoms with van der Waals surface area (Å²) in [6.07, 6.45) is 1.41. The van der Waals surface area contributed by atoms with E-state index in [0.717, 1.165) is 0 Å². The molecule has 5 nitrogen and oxygen atoms in total. The van der Waals surface area contributed by atoms with Crippen molar-refractivity contribution in [2.75, 3.05) is 5.32 Å². The topological polar surface area (TPSA) is 68.2 Å². The molecule has 164 valence electrons. The van der Waals surface area contributed by atoms with E-state index in [1.54, 1.807) is 47.0 Å². The Morgan fingerprint density at radius 3 is 2.47 bits per heavy atom. The number of aromatic nitrogens is 1. The SMILES string of the molecule is O=C(Cn1cc(S(=O)(=O)Cc2ccccc2F)c2ccccc21)Nc1ccc(Cl)cc1Cl. The van der Waals surface area contributed by atoms with Crippen LogP contribution in [0.5, 0.6) is 0 Å². The van der Waals surface area contributed by atoms with Gasteiger partial charge in [-0.2, -0.15) is 0 Å². The summed E-state index contributed by atoms with van der Waals surface area (Å²) >= 11 is 12.0. The molecule has 0 atom stereocenters. The minimum absolute atomic E-state index is 0.0358. The van der Waals surface area contributed by atoms with Gasteiger partial charge in [0.25, 0.3) is 0 Å². The van der Waals surface area contributed by atoms with Crippen molar-refractivity contribution in [1.29, 1.82) is 0 Å². The predicted octanol–water partition coefficient (Wildman–Crippen LogP) is 5.70. The molecule has 32 heavy (non-hydrogen) atoms. The fraction of sp³-hybridized carbons (Fsp3) is 0.0870. The van der Waals surface area contributed by atoms with Crippen molar-refractivity contribution in [3.63, 3.8) is 0 Å². The number of rotatable bonds is 6. The first-order chi connectivity index (χ1) is 15.2. The molecule has 1 aromatic heterocycles. The van der Waals surface area contributed by atoms with Crippen LogP contribution in [0.2, 0.25) is 10.0 Å². The number of para-hydroxylation sites is 1. The molecule has 4 aromatic rings.